The second-order valence-electron chi connectivity index (χ2n) is 4.15. The molecule has 1 N–H and O–H groups in total. The molecule has 0 radical (unpaired) electrons. The van der Waals surface area contributed by atoms with Crippen LogP contribution in [-0.2, 0) is 0 Å². The molecule has 0 aliphatic heterocycles. The lowest BCUT2D eigenvalue weighted by Crippen LogP contribution is -1.93. The standard InChI is InChI=1S/C15H11BrN2O/c16-12-8-6-11(7-9-12)15-14(19)10-18(17-15)13-4-2-1-3-5-13/h1-10,19H. The van der Waals surface area contributed by atoms with Gasteiger partial charge in [0, 0.05) is 10.0 Å². The summed E-state index contributed by atoms with van der Waals surface area (Å²) in [5.41, 5.74) is 2.38. The van der Waals surface area contributed by atoms with E-state index in [4.69, 9.17) is 0 Å². The summed E-state index contributed by atoms with van der Waals surface area (Å²) in [5, 5.41) is 14.5. The van der Waals surface area contributed by atoms with Crippen LogP contribution in [0.2, 0.25) is 0 Å². The van der Waals surface area contributed by atoms with E-state index in [1.807, 2.05) is 54.6 Å². The van der Waals surface area contributed by atoms with Crippen molar-refractivity contribution >= 4 is 15.9 Å². The van der Waals surface area contributed by atoms with E-state index in [1.165, 1.54) is 0 Å². The lowest BCUT2D eigenvalue weighted by atomic mass is 10.1. The third-order valence-corrected chi connectivity index (χ3v) is 3.36. The Labute approximate surface area is 119 Å². The maximum atomic E-state index is 10.0. The molecule has 3 rings (SSSR count). The van der Waals surface area contributed by atoms with Crippen LogP contribution in [0.15, 0.2) is 65.3 Å². The van der Waals surface area contributed by atoms with E-state index >= 15 is 0 Å². The molecule has 0 atom stereocenters. The van der Waals surface area contributed by atoms with Crippen LogP contribution in [-0.4, -0.2) is 14.9 Å². The van der Waals surface area contributed by atoms with Crippen molar-refractivity contribution in [2.75, 3.05) is 0 Å². The van der Waals surface area contributed by atoms with Crippen molar-refractivity contribution in [3.05, 3.63) is 65.3 Å². The molecule has 1 aromatic heterocycles. The zero-order valence-corrected chi connectivity index (χ0v) is 11.6. The Morgan fingerprint density at radius 3 is 2.32 bits per heavy atom. The summed E-state index contributed by atoms with van der Waals surface area (Å²) < 4.78 is 2.67. The van der Waals surface area contributed by atoms with Crippen LogP contribution in [0.25, 0.3) is 16.9 Å². The monoisotopic (exact) mass is 314 g/mol. The van der Waals surface area contributed by atoms with Gasteiger partial charge >= 0.3 is 0 Å². The number of hydrogen-bond acceptors (Lipinski definition) is 2. The van der Waals surface area contributed by atoms with Crippen LogP contribution < -0.4 is 0 Å². The zero-order chi connectivity index (χ0) is 13.2. The summed E-state index contributed by atoms with van der Waals surface area (Å²) >= 11 is 3.39. The quantitative estimate of drug-likeness (QED) is 0.776. The van der Waals surface area contributed by atoms with E-state index in [9.17, 15) is 5.11 Å². The molecule has 19 heavy (non-hydrogen) atoms. The topological polar surface area (TPSA) is 38.0 Å². The molecule has 3 aromatic rings. The summed E-state index contributed by atoms with van der Waals surface area (Å²) in [6.07, 6.45) is 1.62. The average Bonchev–Trinajstić information content (AvgIpc) is 2.83. The van der Waals surface area contributed by atoms with E-state index in [0.29, 0.717) is 5.69 Å². The molecule has 2 aromatic carbocycles. The van der Waals surface area contributed by atoms with Gasteiger partial charge in [0.2, 0.25) is 0 Å². The minimum Gasteiger partial charge on any atom is -0.504 e. The Balaban J connectivity index is 2.05. The van der Waals surface area contributed by atoms with Crippen LogP contribution in [0.4, 0.5) is 0 Å². The van der Waals surface area contributed by atoms with Gasteiger partial charge in [0.05, 0.1) is 11.9 Å². The Bertz CT molecular complexity index is 690. The maximum Gasteiger partial charge on any atom is 0.162 e. The summed E-state index contributed by atoms with van der Waals surface area (Å²) in [4.78, 5) is 0. The highest BCUT2D eigenvalue weighted by atomic mass is 79.9. The normalized spacial score (nSPS) is 10.6. The number of para-hydroxylation sites is 1. The average molecular weight is 315 g/mol. The summed E-state index contributed by atoms with van der Waals surface area (Å²) in [5.74, 6) is 0.172. The smallest absolute Gasteiger partial charge is 0.162 e. The molecule has 0 aliphatic rings. The molecule has 94 valence electrons. The fourth-order valence-corrected chi connectivity index (χ4v) is 2.16. The lowest BCUT2D eigenvalue weighted by Gasteiger charge is -2.00. The molecule has 0 spiro atoms. The highest BCUT2D eigenvalue weighted by Gasteiger charge is 2.10. The second-order valence-corrected chi connectivity index (χ2v) is 5.07. The second kappa shape index (κ2) is 4.90. The minimum atomic E-state index is 0.172. The molecule has 0 saturated heterocycles. The van der Waals surface area contributed by atoms with Crippen LogP contribution in [0, 0.1) is 0 Å². The van der Waals surface area contributed by atoms with E-state index in [2.05, 4.69) is 21.0 Å². The van der Waals surface area contributed by atoms with Gasteiger partial charge in [-0.25, -0.2) is 4.68 Å². The molecule has 0 amide bonds. The summed E-state index contributed by atoms with van der Waals surface area (Å²) in [7, 11) is 0. The summed E-state index contributed by atoms with van der Waals surface area (Å²) in [6.45, 7) is 0. The predicted molar refractivity (Wildman–Crippen MR) is 78.4 cm³/mol. The SMILES string of the molecule is Oc1cn(-c2ccccc2)nc1-c1ccc(Br)cc1. The molecule has 4 heteroatoms. The molecular formula is C15H11BrN2O. The highest BCUT2D eigenvalue weighted by molar-refractivity contribution is 9.10. The van der Waals surface area contributed by atoms with Crippen molar-refractivity contribution in [1.82, 2.24) is 9.78 Å². The molecule has 0 saturated carbocycles. The van der Waals surface area contributed by atoms with Gasteiger partial charge in [-0.2, -0.15) is 5.10 Å². The molecule has 0 unspecified atom stereocenters. The number of halogens is 1. The number of hydrogen-bond donors (Lipinski definition) is 1. The first kappa shape index (κ1) is 12.0. The molecule has 3 nitrogen and oxygen atoms in total. The number of aromatic nitrogens is 2. The Morgan fingerprint density at radius 2 is 1.63 bits per heavy atom. The van der Waals surface area contributed by atoms with Crippen molar-refractivity contribution in [2.24, 2.45) is 0 Å². The molecule has 0 fully saturated rings. The van der Waals surface area contributed by atoms with Crippen LogP contribution >= 0.6 is 15.9 Å². The highest BCUT2D eigenvalue weighted by Crippen LogP contribution is 2.29. The van der Waals surface area contributed by atoms with E-state index in [-0.39, 0.29) is 5.75 Å². The molecule has 0 aliphatic carbocycles. The third kappa shape index (κ3) is 2.39. The van der Waals surface area contributed by atoms with E-state index < -0.39 is 0 Å². The first-order chi connectivity index (χ1) is 9.24. The van der Waals surface area contributed by atoms with Crippen molar-refractivity contribution < 1.29 is 5.11 Å². The Kier molecular flexibility index (Phi) is 3.09. The van der Waals surface area contributed by atoms with E-state index in [0.717, 1.165) is 15.7 Å². The van der Waals surface area contributed by atoms with Gasteiger partial charge in [-0.3, -0.25) is 0 Å². The molecular weight excluding hydrogens is 304 g/mol. The van der Waals surface area contributed by atoms with Crippen LogP contribution in [0.1, 0.15) is 0 Å². The van der Waals surface area contributed by atoms with Crippen molar-refractivity contribution in [2.45, 2.75) is 0 Å². The predicted octanol–water partition coefficient (Wildman–Crippen LogP) is 4.01. The van der Waals surface area contributed by atoms with Crippen molar-refractivity contribution in [3.63, 3.8) is 0 Å². The lowest BCUT2D eigenvalue weighted by molar-refractivity contribution is 0.477. The maximum absolute atomic E-state index is 10.0. The van der Waals surface area contributed by atoms with Gasteiger partial charge in [-0.1, -0.05) is 46.3 Å². The first-order valence-electron chi connectivity index (χ1n) is 5.84. The van der Waals surface area contributed by atoms with Gasteiger partial charge < -0.3 is 5.11 Å². The first-order valence-corrected chi connectivity index (χ1v) is 6.63. The van der Waals surface area contributed by atoms with Crippen LogP contribution in [0.5, 0.6) is 5.75 Å². The molecule has 1 heterocycles. The van der Waals surface area contributed by atoms with Gasteiger partial charge in [-0.05, 0) is 24.3 Å². The van der Waals surface area contributed by atoms with Gasteiger partial charge in [0.15, 0.2) is 5.75 Å². The van der Waals surface area contributed by atoms with E-state index in [1.54, 1.807) is 10.9 Å². The number of aromatic hydroxyl groups is 1. The molecule has 0 bridgehead atoms. The Hall–Kier alpha value is -2.07. The summed E-state index contributed by atoms with van der Waals surface area (Å²) in [6, 6.07) is 17.4. The largest absolute Gasteiger partial charge is 0.504 e. The fourth-order valence-electron chi connectivity index (χ4n) is 1.89. The van der Waals surface area contributed by atoms with Crippen LogP contribution in [0.3, 0.4) is 0 Å². The van der Waals surface area contributed by atoms with Gasteiger partial charge in [0.25, 0.3) is 0 Å². The van der Waals surface area contributed by atoms with Gasteiger partial charge in [0.1, 0.15) is 5.69 Å². The number of benzene rings is 2. The fraction of sp³-hybridized carbons (Fsp3) is 0. The van der Waals surface area contributed by atoms with Crippen molar-refractivity contribution in [3.8, 4) is 22.7 Å². The number of nitrogens with zero attached hydrogens (tertiary/aromatic N) is 2. The minimum absolute atomic E-state index is 0.172. The Morgan fingerprint density at radius 1 is 0.947 bits per heavy atom. The third-order valence-electron chi connectivity index (χ3n) is 2.83. The van der Waals surface area contributed by atoms with Gasteiger partial charge in [-0.15, -0.1) is 0 Å². The zero-order valence-electron chi connectivity index (χ0n) is 9.99. The van der Waals surface area contributed by atoms with Crippen molar-refractivity contribution in [1.29, 1.82) is 0 Å². The number of rotatable bonds is 2.